The van der Waals surface area contributed by atoms with E-state index >= 15 is 0 Å². The van der Waals surface area contributed by atoms with Crippen LogP contribution < -0.4 is 0 Å². The van der Waals surface area contributed by atoms with Crippen molar-refractivity contribution >= 4 is 6.09 Å². The van der Waals surface area contributed by atoms with Crippen molar-refractivity contribution in [2.75, 3.05) is 13.2 Å². The predicted molar refractivity (Wildman–Crippen MR) is 62.8 cm³/mol. The Bertz CT molecular complexity index is 381. The summed E-state index contributed by atoms with van der Waals surface area (Å²) in [6.07, 6.45) is 1.83. The molecule has 4 heteroatoms. The number of rotatable bonds is 0. The Hall–Kier alpha value is -0.770. The maximum Gasteiger partial charge on any atom is 0.411 e. The summed E-state index contributed by atoms with van der Waals surface area (Å²) in [5.74, 6) is 0.342. The van der Waals surface area contributed by atoms with E-state index in [1.807, 2.05) is 4.90 Å². The minimum absolute atomic E-state index is 0.166. The first-order chi connectivity index (χ1) is 7.81. The maximum absolute atomic E-state index is 12.0. The largest absolute Gasteiger partial charge is 0.441 e. The first kappa shape index (κ1) is 11.3. The first-order valence-corrected chi connectivity index (χ1v) is 6.46. The maximum atomic E-state index is 12.0. The molecule has 0 aromatic carbocycles. The molecule has 0 bridgehead atoms. The molecule has 2 aliphatic heterocycles. The van der Waals surface area contributed by atoms with E-state index in [1.165, 1.54) is 0 Å². The smallest absolute Gasteiger partial charge is 0.411 e. The molecule has 96 valence electrons. The van der Waals surface area contributed by atoms with Crippen LogP contribution >= 0.6 is 0 Å². The average Bonchev–Trinajstić information content (AvgIpc) is 2.49. The third-order valence-corrected chi connectivity index (χ3v) is 5.38. The van der Waals surface area contributed by atoms with Crippen molar-refractivity contribution in [1.82, 2.24) is 4.90 Å². The molecule has 17 heavy (non-hydrogen) atoms. The molecule has 2 heterocycles. The SMILES string of the molecule is CC1(C)OCCN2C(=O)O[C@]3(C)CC[C@@H]1[C@]23C. The van der Waals surface area contributed by atoms with Gasteiger partial charge in [0.15, 0.2) is 0 Å². The van der Waals surface area contributed by atoms with E-state index in [1.54, 1.807) is 0 Å². The predicted octanol–water partition coefficient (Wildman–Crippen LogP) is 2.17. The van der Waals surface area contributed by atoms with Crippen LogP contribution in [0.4, 0.5) is 4.79 Å². The summed E-state index contributed by atoms with van der Waals surface area (Å²) in [6.45, 7) is 9.77. The molecule has 3 rings (SSSR count). The lowest BCUT2D eigenvalue weighted by Crippen LogP contribution is -2.58. The van der Waals surface area contributed by atoms with Crippen molar-refractivity contribution in [3.8, 4) is 0 Å². The third-order valence-electron chi connectivity index (χ3n) is 5.38. The van der Waals surface area contributed by atoms with E-state index in [2.05, 4.69) is 27.7 Å². The van der Waals surface area contributed by atoms with Gasteiger partial charge in [-0.1, -0.05) is 0 Å². The second-order valence-electron chi connectivity index (χ2n) is 6.44. The Balaban J connectivity index is 2.13. The van der Waals surface area contributed by atoms with Crippen molar-refractivity contribution in [1.29, 1.82) is 0 Å². The first-order valence-electron chi connectivity index (χ1n) is 6.46. The van der Waals surface area contributed by atoms with Gasteiger partial charge in [-0.25, -0.2) is 4.79 Å². The molecule has 1 amide bonds. The summed E-state index contributed by atoms with van der Waals surface area (Å²) in [5, 5.41) is 0. The van der Waals surface area contributed by atoms with Crippen LogP contribution in [0.2, 0.25) is 0 Å². The zero-order valence-corrected chi connectivity index (χ0v) is 11.1. The molecule has 3 fully saturated rings. The lowest BCUT2D eigenvalue weighted by molar-refractivity contribution is -0.0707. The van der Waals surface area contributed by atoms with Gasteiger partial charge in [0.1, 0.15) is 5.60 Å². The van der Waals surface area contributed by atoms with Crippen LogP contribution in [0.15, 0.2) is 0 Å². The van der Waals surface area contributed by atoms with Crippen molar-refractivity contribution in [2.24, 2.45) is 5.92 Å². The van der Waals surface area contributed by atoms with Gasteiger partial charge in [0.25, 0.3) is 0 Å². The van der Waals surface area contributed by atoms with Crippen molar-refractivity contribution in [3.63, 3.8) is 0 Å². The number of carbonyl (C=O) groups excluding carboxylic acids is 1. The van der Waals surface area contributed by atoms with E-state index in [-0.39, 0.29) is 22.8 Å². The molecule has 0 spiro atoms. The van der Waals surface area contributed by atoms with E-state index < -0.39 is 0 Å². The van der Waals surface area contributed by atoms with Crippen LogP contribution in [0.1, 0.15) is 40.5 Å². The highest BCUT2D eigenvalue weighted by molar-refractivity contribution is 5.73. The van der Waals surface area contributed by atoms with E-state index in [0.717, 1.165) is 12.8 Å². The number of amides is 1. The van der Waals surface area contributed by atoms with Crippen LogP contribution in [0, 0.1) is 5.92 Å². The van der Waals surface area contributed by atoms with Gasteiger partial charge < -0.3 is 9.47 Å². The number of carbonyl (C=O) groups is 1. The summed E-state index contributed by atoms with van der Waals surface area (Å²) in [5.41, 5.74) is -0.751. The van der Waals surface area contributed by atoms with Gasteiger partial charge in [0.05, 0.1) is 17.7 Å². The molecule has 1 aliphatic carbocycles. The van der Waals surface area contributed by atoms with E-state index in [9.17, 15) is 4.79 Å². The number of nitrogens with zero attached hydrogens (tertiary/aromatic N) is 1. The van der Waals surface area contributed by atoms with Crippen molar-refractivity contribution < 1.29 is 14.3 Å². The van der Waals surface area contributed by atoms with Gasteiger partial charge in [-0.15, -0.1) is 0 Å². The molecule has 0 aromatic rings. The molecule has 0 unspecified atom stereocenters. The zero-order valence-electron chi connectivity index (χ0n) is 11.1. The van der Waals surface area contributed by atoms with Crippen LogP contribution in [-0.2, 0) is 9.47 Å². The van der Waals surface area contributed by atoms with Crippen molar-refractivity contribution in [2.45, 2.75) is 57.3 Å². The van der Waals surface area contributed by atoms with Crippen LogP contribution in [0.5, 0.6) is 0 Å². The minimum atomic E-state index is -0.347. The highest BCUT2D eigenvalue weighted by atomic mass is 16.6. The topological polar surface area (TPSA) is 38.8 Å². The fraction of sp³-hybridized carbons (Fsp3) is 0.923. The Labute approximate surface area is 102 Å². The molecular formula is C13H21NO3. The van der Waals surface area contributed by atoms with Crippen LogP contribution in [0.3, 0.4) is 0 Å². The number of hydrogen-bond donors (Lipinski definition) is 0. The molecule has 3 aliphatic rings. The minimum Gasteiger partial charge on any atom is -0.441 e. The molecule has 2 saturated heterocycles. The third kappa shape index (κ3) is 1.15. The second-order valence-corrected chi connectivity index (χ2v) is 6.44. The normalized spacial score (nSPS) is 47.6. The quantitative estimate of drug-likeness (QED) is 0.650. The monoisotopic (exact) mass is 239 g/mol. The average molecular weight is 239 g/mol. The Kier molecular flexibility index (Phi) is 1.98. The Morgan fingerprint density at radius 2 is 2.00 bits per heavy atom. The van der Waals surface area contributed by atoms with Crippen LogP contribution in [0.25, 0.3) is 0 Å². The lowest BCUT2D eigenvalue weighted by Gasteiger charge is -2.43. The van der Waals surface area contributed by atoms with Gasteiger partial charge in [0, 0.05) is 12.5 Å². The van der Waals surface area contributed by atoms with Gasteiger partial charge in [0.2, 0.25) is 0 Å². The fourth-order valence-electron chi connectivity index (χ4n) is 4.24. The Morgan fingerprint density at radius 3 is 2.71 bits per heavy atom. The van der Waals surface area contributed by atoms with Crippen molar-refractivity contribution in [3.05, 3.63) is 0 Å². The molecule has 1 saturated carbocycles. The zero-order chi connectivity index (χ0) is 12.5. The molecule has 3 atom stereocenters. The molecule has 0 radical (unpaired) electrons. The van der Waals surface area contributed by atoms with Crippen LogP contribution in [-0.4, -0.2) is 40.9 Å². The molecule has 4 nitrogen and oxygen atoms in total. The second kappa shape index (κ2) is 2.97. The highest BCUT2D eigenvalue weighted by Crippen LogP contribution is 2.58. The van der Waals surface area contributed by atoms with E-state index in [0.29, 0.717) is 19.1 Å². The highest BCUT2D eigenvalue weighted by Gasteiger charge is 2.70. The van der Waals surface area contributed by atoms with E-state index in [4.69, 9.17) is 9.47 Å². The summed E-state index contributed by atoms with van der Waals surface area (Å²) in [7, 11) is 0. The Morgan fingerprint density at radius 1 is 1.29 bits per heavy atom. The van der Waals surface area contributed by atoms with Gasteiger partial charge in [-0.2, -0.15) is 0 Å². The van der Waals surface area contributed by atoms with Gasteiger partial charge in [-0.05, 0) is 40.5 Å². The molecule has 0 N–H and O–H groups in total. The van der Waals surface area contributed by atoms with Gasteiger partial charge in [-0.3, -0.25) is 4.90 Å². The standard InChI is InChI=1S/C13H21NO3/c1-11(2)9-5-6-12(3)13(9,4)14(7-8-16-11)10(15)17-12/h9H,5-8H2,1-4H3/t9-,12+,13-/m0/s1. The lowest BCUT2D eigenvalue weighted by atomic mass is 9.73. The number of ether oxygens (including phenoxy) is 2. The van der Waals surface area contributed by atoms with Gasteiger partial charge >= 0.3 is 6.09 Å². The summed E-state index contributed by atoms with van der Waals surface area (Å²) in [4.78, 5) is 13.9. The number of hydrogen-bond acceptors (Lipinski definition) is 3. The fourth-order valence-corrected chi connectivity index (χ4v) is 4.24. The summed E-state index contributed by atoms with van der Waals surface area (Å²) >= 11 is 0. The molecule has 0 aromatic heterocycles. The molecular weight excluding hydrogens is 218 g/mol. The summed E-state index contributed by atoms with van der Waals surface area (Å²) in [6, 6.07) is 0. The summed E-state index contributed by atoms with van der Waals surface area (Å²) < 4.78 is 11.6.